The van der Waals surface area contributed by atoms with Crippen LogP contribution in [0.1, 0.15) is 65.9 Å². The molecule has 0 bridgehead atoms. The maximum absolute atomic E-state index is 13.8. The number of nitrogens with one attached hydrogen (secondary N) is 3. The van der Waals surface area contributed by atoms with Gasteiger partial charge >= 0.3 is 7.82 Å². The number of phosphoric ester groups is 1. The second-order valence-corrected chi connectivity index (χ2v) is 13.0. The zero-order valence-electron chi connectivity index (χ0n) is 26.9. The fourth-order valence-electron chi connectivity index (χ4n) is 4.36. The van der Waals surface area contributed by atoms with E-state index in [-0.39, 0.29) is 43.4 Å². The number of nitrogens with two attached hydrogens (primary N) is 2. The van der Waals surface area contributed by atoms with Gasteiger partial charge < -0.3 is 36.8 Å². The Labute approximate surface area is 268 Å². The van der Waals surface area contributed by atoms with Crippen LogP contribution < -0.4 is 31.9 Å². The first-order valence-corrected chi connectivity index (χ1v) is 16.4. The number of benzene rings is 1. The fraction of sp³-hybridized carbons (Fsp3) is 0.586. The van der Waals surface area contributed by atoms with Crippen molar-refractivity contribution in [1.82, 2.24) is 20.9 Å². The molecule has 0 aliphatic rings. The van der Waals surface area contributed by atoms with Crippen molar-refractivity contribution in [1.29, 1.82) is 0 Å². The van der Waals surface area contributed by atoms with E-state index < -0.39 is 67.9 Å². The van der Waals surface area contributed by atoms with Crippen molar-refractivity contribution in [3.05, 3.63) is 29.8 Å². The summed E-state index contributed by atoms with van der Waals surface area (Å²) in [6, 6.07) is 1.97. The molecule has 16 nitrogen and oxygen atoms in total. The number of carbonyl (C=O) groups excluding carboxylic acids is 6. The summed E-state index contributed by atoms with van der Waals surface area (Å²) in [7, 11) is -4.79. The Balaban J connectivity index is 3.26. The number of hydrogen-bond acceptors (Lipinski definition) is 8. The van der Waals surface area contributed by atoms with Gasteiger partial charge in [0.1, 0.15) is 23.9 Å². The maximum atomic E-state index is 13.8. The lowest BCUT2D eigenvalue weighted by molar-refractivity contribution is -0.141. The summed E-state index contributed by atoms with van der Waals surface area (Å²) in [6.45, 7) is 8.42. The standard InChI is InChI=1S/C29H47N6O10P/c1-17(2)12-13-35(16-26(38)33-23(27(31)39)14-18(3)4)29(41)22(10-11-25(30)37)34-28(40)24(32-19(5)36)15-20-6-8-21(9-7-20)45-46(42,43)44/h6-9,17-18,22-24H,10-16H2,1-5H3,(H2,30,37)(H2,31,39)(H,32,36)(H,33,38)(H,34,40)(H2,42,43,44)/t22-,23-,24-/m0/s1. The fourth-order valence-corrected chi connectivity index (χ4v) is 4.76. The number of amides is 6. The molecule has 1 rings (SSSR count). The largest absolute Gasteiger partial charge is 0.524 e. The number of phosphoric acid groups is 1. The molecule has 0 radical (unpaired) electrons. The molecule has 6 amide bonds. The molecule has 3 atom stereocenters. The molecule has 0 saturated heterocycles. The molecular formula is C29H47N6O10P. The Bertz CT molecular complexity index is 1270. The normalized spacial score (nSPS) is 13.3. The van der Waals surface area contributed by atoms with Gasteiger partial charge in [0.15, 0.2) is 0 Å². The first-order chi connectivity index (χ1) is 21.3. The van der Waals surface area contributed by atoms with Crippen LogP contribution in [-0.2, 0) is 39.8 Å². The smallest absolute Gasteiger partial charge is 0.404 e. The molecule has 0 aliphatic carbocycles. The SMILES string of the molecule is CC(=O)N[C@@H](Cc1ccc(OP(=O)(O)O)cc1)C(=O)N[C@@H](CCC(N)=O)C(=O)N(CCC(C)C)CC(=O)N[C@@H](CC(C)C)C(N)=O. The van der Waals surface area contributed by atoms with Crippen LogP contribution in [0.15, 0.2) is 24.3 Å². The number of carbonyl (C=O) groups is 6. The van der Waals surface area contributed by atoms with Crippen molar-refractivity contribution >= 4 is 43.3 Å². The van der Waals surface area contributed by atoms with Crippen LogP contribution in [0.5, 0.6) is 5.75 Å². The van der Waals surface area contributed by atoms with Gasteiger partial charge in [0.05, 0.1) is 6.54 Å². The molecular weight excluding hydrogens is 623 g/mol. The Morgan fingerprint density at radius 2 is 1.48 bits per heavy atom. The predicted molar refractivity (Wildman–Crippen MR) is 167 cm³/mol. The third-order valence-electron chi connectivity index (χ3n) is 6.58. The summed E-state index contributed by atoms with van der Waals surface area (Å²) in [5.41, 5.74) is 11.3. The van der Waals surface area contributed by atoms with Crippen LogP contribution in [-0.4, -0.2) is 81.3 Å². The average molecular weight is 671 g/mol. The van der Waals surface area contributed by atoms with Gasteiger partial charge in [-0.25, -0.2) is 4.57 Å². The van der Waals surface area contributed by atoms with Gasteiger partial charge in [-0.2, -0.15) is 0 Å². The van der Waals surface area contributed by atoms with E-state index >= 15 is 0 Å². The Hall–Kier alpha value is -4.01. The van der Waals surface area contributed by atoms with Crippen molar-refractivity contribution in [3.8, 4) is 5.75 Å². The van der Waals surface area contributed by atoms with Crippen LogP contribution in [0.4, 0.5) is 0 Å². The summed E-state index contributed by atoms with van der Waals surface area (Å²) in [5, 5.41) is 7.65. The van der Waals surface area contributed by atoms with E-state index in [1.165, 1.54) is 36.1 Å². The Morgan fingerprint density at radius 3 is 1.96 bits per heavy atom. The third-order valence-corrected chi connectivity index (χ3v) is 7.03. The van der Waals surface area contributed by atoms with Crippen molar-refractivity contribution < 1.29 is 47.6 Å². The quantitative estimate of drug-likeness (QED) is 0.0902. The van der Waals surface area contributed by atoms with Crippen LogP contribution in [0.2, 0.25) is 0 Å². The summed E-state index contributed by atoms with van der Waals surface area (Å²) in [5.74, 6) is -4.02. The molecule has 1 aromatic carbocycles. The maximum Gasteiger partial charge on any atom is 0.524 e. The Kier molecular flexibility index (Phi) is 16.4. The lowest BCUT2D eigenvalue weighted by Gasteiger charge is -2.30. The minimum absolute atomic E-state index is 0.0485. The molecule has 0 unspecified atom stereocenters. The highest BCUT2D eigenvalue weighted by atomic mass is 31.2. The third kappa shape index (κ3) is 16.3. The molecule has 258 valence electrons. The minimum atomic E-state index is -4.79. The molecule has 1 aromatic rings. The first-order valence-electron chi connectivity index (χ1n) is 14.8. The summed E-state index contributed by atoms with van der Waals surface area (Å²) >= 11 is 0. The Morgan fingerprint density at radius 1 is 0.870 bits per heavy atom. The van der Waals surface area contributed by atoms with Crippen molar-refractivity contribution in [2.24, 2.45) is 23.3 Å². The highest BCUT2D eigenvalue weighted by Crippen LogP contribution is 2.37. The van der Waals surface area contributed by atoms with Gasteiger partial charge in [-0.05, 0) is 48.8 Å². The van der Waals surface area contributed by atoms with Gasteiger partial charge in [0.2, 0.25) is 35.4 Å². The molecule has 46 heavy (non-hydrogen) atoms. The summed E-state index contributed by atoms with van der Waals surface area (Å²) < 4.78 is 15.6. The van der Waals surface area contributed by atoms with Gasteiger partial charge in [0.25, 0.3) is 0 Å². The number of primary amides is 2. The zero-order chi connectivity index (χ0) is 35.2. The van der Waals surface area contributed by atoms with Crippen molar-refractivity contribution in [2.45, 2.75) is 84.8 Å². The van der Waals surface area contributed by atoms with E-state index in [1.807, 2.05) is 27.7 Å². The highest BCUT2D eigenvalue weighted by Gasteiger charge is 2.31. The molecule has 17 heteroatoms. The molecule has 0 saturated carbocycles. The molecule has 0 heterocycles. The molecule has 9 N–H and O–H groups in total. The lowest BCUT2D eigenvalue weighted by Crippen LogP contribution is -2.56. The van der Waals surface area contributed by atoms with Crippen LogP contribution >= 0.6 is 7.82 Å². The molecule has 0 spiro atoms. The van der Waals surface area contributed by atoms with Gasteiger partial charge in [-0.15, -0.1) is 0 Å². The van der Waals surface area contributed by atoms with Crippen molar-refractivity contribution in [2.75, 3.05) is 13.1 Å². The number of nitrogens with zero attached hydrogens (tertiary/aromatic N) is 1. The van der Waals surface area contributed by atoms with Gasteiger partial charge in [-0.1, -0.05) is 39.8 Å². The number of hydrogen-bond donors (Lipinski definition) is 7. The number of rotatable bonds is 20. The van der Waals surface area contributed by atoms with Crippen LogP contribution in [0.25, 0.3) is 0 Å². The second-order valence-electron chi connectivity index (χ2n) is 11.8. The average Bonchev–Trinajstić information content (AvgIpc) is 2.91. The van der Waals surface area contributed by atoms with E-state index in [1.54, 1.807) is 0 Å². The van der Waals surface area contributed by atoms with E-state index in [0.717, 1.165) is 0 Å². The second kappa shape index (κ2) is 18.8. The zero-order valence-corrected chi connectivity index (χ0v) is 27.7. The molecule has 0 aromatic heterocycles. The monoisotopic (exact) mass is 670 g/mol. The molecule has 0 fully saturated rings. The molecule has 0 aliphatic heterocycles. The van der Waals surface area contributed by atoms with Crippen LogP contribution in [0, 0.1) is 11.8 Å². The van der Waals surface area contributed by atoms with Crippen LogP contribution in [0.3, 0.4) is 0 Å². The lowest BCUT2D eigenvalue weighted by atomic mass is 10.0. The van der Waals surface area contributed by atoms with E-state index in [9.17, 15) is 33.3 Å². The van der Waals surface area contributed by atoms with E-state index in [0.29, 0.717) is 18.4 Å². The van der Waals surface area contributed by atoms with E-state index in [4.69, 9.17) is 21.3 Å². The summed E-state index contributed by atoms with van der Waals surface area (Å²) in [4.78, 5) is 95.0. The highest BCUT2D eigenvalue weighted by molar-refractivity contribution is 7.46. The van der Waals surface area contributed by atoms with Crippen molar-refractivity contribution in [3.63, 3.8) is 0 Å². The van der Waals surface area contributed by atoms with Gasteiger partial charge in [0, 0.05) is 26.3 Å². The minimum Gasteiger partial charge on any atom is -0.404 e. The topological polar surface area (TPSA) is 261 Å². The predicted octanol–water partition coefficient (Wildman–Crippen LogP) is -0.153. The van der Waals surface area contributed by atoms with E-state index in [2.05, 4.69) is 20.5 Å². The first kappa shape index (κ1) is 40.0. The summed E-state index contributed by atoms with van der Waals surface area (Å²) in [6.07, 6.45) is 0.241. The van der Waals surface area contributed by atoms with Gasteiger partial charge in [-0.3, -0.25) is 38.6 Å².